The molecule has 0 nitrogen and oxygen atoms in total. The first-order chi connectivity index (χ1) is 7.86. The summed E-state index contributed by atoms with van der Waals surface area (Å²) in [4.78, 5) is 0. The van der Waals surface area contributed by atoms with Crippen molar-refractivity contribution in [2.24, 2.45) is 0 Å². The molecule has 0 amide bonds. The van der Waals surface area contributed by atoms with Gasteiger partial charge in [-0.15, -0.1) is 0 Å². The highest BCUT2D eigenvalue weighted by Crippen LogP contribution is 2.16. The maximum atomic E-state index is 2.35. The molecular weight excluding hydrogens is 192 g/mol. The van der Waals surface area contributed by atoms with Crippen LogP contribution in [-0.2, 0) is 0 Å². The maximum absolute atomic E-state index is 2.35. The third kappa shape index (κ3) is 5.16. The van der Waals surface area contributed by atoms with Crippen LogP contribution in [0.3, 0.4) is 0 Å². The summed E-state index contributed by atoms with van der Waals surface area (Å²) < 4.78 is 0. The molecule has 0 atom stereocenters. The Morgan fingerprint density at radius 1 is 1.00 bits per heavy atom. The molecule has 0 aliphatic carbocycles. The van der Waals surface area contributed by atoms with Gasteiger partial charge < -0.3 is 0 Å². The third-order valence-electron chi connectivity index (χ3n) is 2.98. The first kappa shape index (κ1) is 13.0. The summed E-state index contributed by atoms with van der Waals surface area (Å²) in [7, 11) is 0. The first-order valence-corrected chi connectivity index (χ1v) is 6.61. The van der Waals surface area contributed by atoms with E-state index in [2.05, 4.69) is 50.3 Å². The summed E-state index contributed by atoms with van der Waals surface area (Å²) in [5.41, 5.74) is 2.93. The lowest BCUT2D eigenvalue weighted by Gasteiger charge is -2.04. The van der Waals surface area contributed by atoms with Crippen LogP contribution in [0.4, 0.5) is 0 Å². The molecule has 0 fully saturated rings. The Kier molecular flexibility index (Phi) is 6.64. The van der Waals surface area contributed by atoms with Gasteiger partial charge in [-0.25, -0.2) is 0 Å². The number of unbranched alkanes of at least 4 members (excludes halogenated alkanes) is 3. The number of rotatable bonds is 7. The van der Waals surface area contributed by atoms with E-state index in [-0.39, 0.29) is 0 Å². The highest BCUT2D eigenvalue weighted by atomic mass is 14.0. The van der Waals surface area contributed by atoms with Gasteiger partial charge in [0.25, 0.3) is 0 Å². The Labute approximate surface area is 100 Å². The molecule has 0 saturated heterocycles. The van der Waals surface area contributed by atoms with E-state index in [1.165, 1.54) is 44.1 Å². The van der Waals surface area contributed by atoms with Gasteiger partial charge in [-0.1, -0.05) is 75.1 Å². The van der Waals surface area contributed by atoms with Gasteiger partial charge in [0.05, 0.1) is 0 Å². The molecule has 0 radical (unpaired) electrons. The van der Waals surface area contributed by atoms with Crippen molar-refractivity contribution in [3.63, 3.8) is 0 Å². The van der Waals surface area contributed by atoms with Crippen LogP contribution in [0, 0.1) is 0 Å². The molecule has 1 aromatic carbocycles. The van der Waals surface area contributed by atoms with Crippen LogP contribution >= 0.6 is 0 Å². The molecule has 0 heteroatoms. The molecule has 0 N–H and O–H groups in total. The van der Waals surface area contributed by atoms with Crippen LogP contribution in [0.25, 0.3) is 6.08 Å². The van der Waals surface area contributed by atoms with Crippen LogP contribution in [-0.4, -0.2) is 0 Å². The molecule has 0 bridgehead atoms. The third-order valence-corrected chi connectivity index (χ3v) is 2.98. The van der Waals surface area contributed by atoms with E-state index in [0.29, 0.717) is 0 Å². The minimum atomic E-state index is 1.18. The van der Waals surface area contributed by atoms with Gasteiger partial charge in [-0.05, 0) is 24.8 Å². The Morgan fingerprint density at radius 3 is 2.38 bits per heavy atom. The Morgan fingerprint density at radius 2 is 1.75 bits per heavy atom. The lowest BCUT2D eigenvalue weighted by Crippen LogP contribution is -1.84. The maximum Gasteiger partial charge on any atom is -0.0257 e. The molecule has 0 heterocycles. The van der Waals surface area contributed by atoms with E-state index in [4.69, 9.17) is 0 Å². The number of allylic oxidation sites excluding steroid dienone is 1. The summed E-state index contributed by atoms with van der Waals surface area (Å²) in [6, 6.07) is 10.7. The predicted molar refractivity (Wildman–Crippen MR) is 73.5 cm³/mol. The van der Waals surface area contributed by atoms with Gasteiger partial charge in [0, 0.05) is 0 Å². The lowest BCUT2D eigenvalue weighted by molar-refractivity contribution is 0.659. The zero-order valence-corrected chi connectivity index (χ0v) is 10.7. The zero-order chi connectivity index (χ0) is 11.6. The molecule has 0 unspecified atom stereocenters. The summed E-state index contributed by atoms with van der Waals surface area (Å²) in [6.07, 6.45) is 10.2. The molecule has 88 valence electrons. The van der Waals surface area contributed by atoms with Crippen molar-refractivity contribution in [3.8, 4) is 0 Å². The topological polar surface area (TPSA) is 0 Å². The number of hydrogen-bond acceptors (Lipinski definition) is 0. The number of hydrogen-bond donors (Lipinski definition) is 0. The molecule has 16 heavy (non-hydrogen) atoms. The quantitative estimate of drug-likeness (QED) is 0.532. The Balaban J connectivity index is 2.44. The van der Waals surface area contributed by atoms with Crippen molar-refractivity contribution in [1.29, 1.82) is 0 Å². The van der Waals surface area contributed by atoms with Crippen molar-refractivity contribution in [3.05, 3.63) is 41.5 Å². The van der Waals surface area contributed by atoms with Gasteiger partial charge in [0.2, 0.25) is 0 Å². The summed E-state index contributed by atoms with van der Waals surface area (Å²) in [5, 5.41) is 0. The average molecular weight is 216 g/mol. The molecule has 0 spiro atoms. The fourth-order valence-electron chi connectivity index (χ4n) is 1.91. The van der Waals surface area contributed by atoms with E-state index < -0.39 is 0 Å². The Bertz CT molecular complexity index is 295. The molecule has 0 aromatic heterocycles. The highest BCUT2D eigenvalue weighted by Gasteiger charge is 1.95. The molecule has 0 aliphatic heterocycles. The van der Waals surface area contributed by atoms with Crippen molar-refractivity contribution in [2.45, 2.75) is 52.4 Å². The zero-order valence-electron chi connectivity index (χ0n) is 10.7. The lowest BCUT2D eigenvalue weighted by atomic mass is 10.0. The minimum Gasteiger partial charge on any atom is -0.0699 e. The fraction of sp³-hybridized carbons (Fsp3) is 0.500. The van der Waals surface area contributed by atoms with Crippen LogP contribution < -0.4 is 0 Å². The van der Waals surface area contributed by atoms with E-state index in [0.717, 1.165) is 0 Å². The van der Waals surface area contributed by atoms with Crippen LogP contribution in [0.1, 0.15) is 57.9 Å². The largest absolute Gasteiger partial charge is 0.0699 e. The normalized spacial score (nSPS) is 11.8. The van der Waals surface area contributed by atoms with Crippen molar-refractivity contribution in [2.75, 3.05) is 0 Å². The molecule has 0 saturated carbocycles. The molecule has 1 rings (SSSR count). The van der Waals surface area contributed by atoms with Crippen LogP contribution in [0.5, 0.6) is 0 Å². The second-order valence-corrected chi connectivity index (χ2v) is 4.38. The summed E-state index contributed by atoms with van der Waals surface area (Å²) in [6.45, 7) is 4.52. The minimum absolute atomic E-state index is 1.18. The van der Waals surface area contributed by atoms with Gasteiger partial charge >= 0.3 is 0 Å². The monoisotopic (exact) mass is 216 g/mol. The SMILES string of the molecule is CCCCCCC(=Cc1ccccc1)CC. The van der Waals surface area contributed by atoms with E-state index in [1.54, 1.807) is 5.57 Å². The number of benzene rings is 1. The standard InChI is InChI=1S/C16H24/c1-3-5-6-8-11-15(4-2)14-16-12-9-7-10-13-16/h7,9-10,12-14H,3-6,8,11H2,1-2H3. The first-order valence-electron chi connectivity index (χ1n) is 6.61. The fourth-order valence-corrected chi connectivity index (χ4v) is 1.91. The predicted octanol–water partition coefficient (Wildman–Crippen LogP) is 5.45. The van der Waals surface area contributed by atoms with Crippen LogP contribution in [0.15, 0.2) is 35.9 Å². The van der Waals surface area contributed by atoms with E-state index in [9.17, 15) is 0 Å². The molecular formula is C16H24. The van der Waals surface area contributed by atoms with Crippen molar-refractivity contribution in [1.82, 2.24) is 0 Å². The smallest absolute Gasteiger partial charge is 0.0257 e. The van der Waals surface area contributed by atoms with E-state index in [1.807, 2.05) is 0 Å². The Hall–Kier alpha value is -1.04. The molecule has 0 aliphatic rings. The summed E-state index contributed by atoms with van der Waals surface area (Å²) in [5.74, 6) is 0. The van der Waals surface area contributed by atoms with Gasteiger partial charge in [-0.3, -0.25) is 0 Å². The molecule has 1 aromatic rings. The highest BCUT2D eigenvalue weighted by molar-refractivity contribution is 5.52. The second-order valence-electron chi connectivity index (χ2n) is 4.38. The van der Waals surface area contributed by atoms with Crippen LogP contribution in [0.2, 0.25) is 0 Å². The van der Waals surface area contributed by atoms with Crippen molar-refractivity contribution >= 4 is 6.08 Å². The van der Waals surface area contributed by atoms with Gasteiger partial charge in [0.15, 0.2) is 0 Å². The van der Waals surface area contributed by atoms with Gasteiger partial charge in [0.1, 0.15) is 0 Å². The van der Waals surface area contributed by atoms with E-state index >= 15 is 0 Å². The van der Waals surface area contributed by atoms with Gasteiger partial charge in [-0.2, -0.15) is 0 Å². The second kappa shape index (κ2) is 8.15. The average Bonchev–Trinajstić information content (AvgIpc) is 2.34. The summed E-state index contributed by atoms with van der Waals surface area (Å²) >= 11 is 0. The van der Waals surface area contributed by atoms with Crippen molar-refractivity contribution < 1.29 is 0 Å².